The highest BCUT2D eigenvalue weighted by Crippen LogP contribution is 2.33. The third kappa shape index (κ3) is 4.41. The maximum Gasteiger partial charge on any atom is 0.306 e. The van der Waals surface area contributed by atoms with Crippen molar-refractivity contribution in [1.82, 2.24) is 10.1 Å². The van der Waals surface area contributed by atoms with Crippen molar-refractivity contribution in [2.45, 2.75) is 26.1 Å². The molecule has 0 radical (unpaired) electrons. The number of nitro benzene ring substituents is 1. The normalized spacial score (nSPS) is 12.8. The predicted molar refractivity (Wildman–Crippen MR) is 99.1 cm³/mol. The van der Waals surface area contributed by atoms with Crippen LogP contribution in [0.2, 0.25) is 0 Å². The molecule has 10 nitrogen and oxygen atoms in total. The van der Waals surface area contributed by atoms with Gasteiger partial charge in [0.1, 0.15) is 12.4 Å². The summed E-state index contributed by atoms with van der Waals surface area (Å²) in [4.78, 5) is 27.8. The third-order valence-electron chi connectivity index (χ3n) is 4.12. The van der Waals surface area contributed by atoms with Crippen molar-refractivity contribution < 1.29 is 28.5 Å². The van der Waals surface area contributed by atoms with Crippen LogP contribution in [-0.4, -0.2) is 27.8 Å². The second kappa shape index (κ2) is 8.37. The lowest BCUT2D eigenvalue weighted by atomic mass is 10.1. The number of ether oxygens (including phenoxy) is 3. The van der Waals surface area contributed by atoms with E-state index >= 15 is 0 Å². The number of carbonyl (C=O) groups is 1. The zero-order valence-corrected chi connectivity index (χ0v) is 15.8. The Bertz CT molecular complexity index is 1030. The van der Waals surface area contributed by atoms with Crippen LogP contribution in [0.15, 0.2) is 34.2 Å². The van der Waals surface area contributed by atoms with E-state index in [-0.39, 0.29) is 38.5 Å². The highest BCUT2D eigenvalue weighted by Gasteiger charge is 2.22. The van der Waals surface area contributed by atoms with E-state index in [0.717, 1.165) is 4.88 Å². The van der Waals surface area contributed by atoms with Gasteiger partial charge in [-0.25, -0.2) is 0 Å². The van der Waals surface area contributed by atoms with Gasteiger partial charge in [-0.05, 0) is 11.4 Å². The Morgan fingerprint density at radius 1 is 1.38 bits per heavy atom. The number of aromatic nitrogens is 2. The minimum absolute atomic E-state index is 0.0349. The fourth-order valence-corrected chi connectivity index (χ4v) is 3.44. The third-order valence-corrected chi connectivity index (χ3v) is 4.99. The number of esters is 1. The minimum Gasteiger partial charge on any atom is -0.467 e. The number of nitrogens with zero attached hydrogens (tertiary/aromatic N) is 3. The molecule has 11 heteroatoms. The van der Waals surface area contributed by atoms with Crippen molar-refractivity contribution in [3.05, 3.63) is 56.8 Å². The number of hydrogen-bond acceptors (Lipinski definition) is 10. The van der Waals surface area contributed by atoms with Crippen LogP contribution < -0.4 is 4.74 Å². The number of carbonyl (C=O) groups excluding carboxylic acids is 1. The van der Waals surface area contributed by atoms with Gasteiger partial charge in [0.25, 0.3) is 5.69 Å². The van der Waals surface area contributed by atoms with E-state index < -0.39 is 10.9 Å². The van der Waals surface area contributed by atoms with Crippen molar-refractivity contribution in [3.8, 4) is 16.5 Å². The molecule has 1 aromatic carbocycles. The van der Waals surface area contributed by atoms with E-state index in [1.807, 2.05) is 17.5 Å². The summed E-state index contributed by atoms with van der Waals surface area (Å²) in [7, 11) is 0. The highest BCUT2D eigenvalue weighted by molar-refractivity contribution is 7.13. The summed E-state index contributed by atoms with van der Waals surface area (Å²) < 4.78 is 21.0. The van der Waals surface area contributed by atoms with Crippen LogP contribution in [0, 0.1) is 10.1 Å². The number of benzene rings is 1. The molecule has 0 bridgehead atoms. The van der Waals surface area contributed by atoms with Gasteiger partial charge in [0.2, 0.25) is 11.7 Å². The van der Waals surface area contributed by atoms with E-state index in [1.165, 1.54) is 23.5 Å². The molecular weight excluding hydrogens is 402 g/mol. The minimum atomic E-state index is -0.513. The molecule has 150 valence electrons. The number of rotatable bonds is 7. The first-order valence-electron chi connectivity index (χ1n) is 8.63. The first-order chi connectivity index (χ1) is 14.1. The van der Waals surface area contributed by atoms with Crippen molar-refractivity contribution in [2.24, 2.45) is 0 Å². The summed E-state index contributed by atoms with van der Waals surface area (Å²) in [6, 6.07) is 6.49. The van der Waals surface area contributed by atoms with Crippen LogP contribution in [0.4, 0.5) is 5.69 Å². The monoisotopic (exact) mass is 417 g/mol. The maximum atomic E-state index is 12.1. The molecule has 0 fully saturated rings. The summed E-state index contributed by atoms with van der Waals surface area (Å²) in [5, 5.41) is 16.9. The molecule has 0 spiro atoms. The van der Waals surface area contributed by atoms with Gasteiger partial charge in [-0.3, -0.25) is 14.9 Å². The number of hydrogen-bond donors (Lipinski definition) is 0. The molecule has 0 N–H and O–H groups in total. The Morgan fingerprint density at radius 3 is 3.07 bits per heavy atom. The molecule has 3 heterocycles. The van der Waals surface area contributed by atoms with Gasteiger partial charge in [-0.1, -0.05) is 11.2 Å². The molecule has 0 atom stereocenters. The van der Waals surface area contributed by atoms with Gasteiger partial charge in [0.15, 0.2) is 6.79 Å². The second-order valence-electron chi connectivity index (χ2n) is 6.11. The topological polar surface area (TPSA) is 127 Å². The Morgan fingerprint density at radius 2 is 2.28 bits per heavy atom. The van der Waals surface area contributed by atoms with E-state index in [0.29, 0.717) is 28.6 Å². The zero-order valence-electron chi connectivity index (χ0n) is 15.0. The van der Waals surface area contributed by atoms with E-state index in [1.54, 1.807) is 0 Å². The first kappa shape index (κ1) is 19.0. The molecular formula is C18H15N3O7S. The highest BCUT2D eigenvalue weighted by atomic mass is 32.1. The van der Waals surface area contributed by atoms with E-state index in [2.05, 4.69) is 10.1 Å². The molecule has 3 aromatic rings. The lowest BCUT2D eigenvalue weighted by Crippen LogP contribution is -2.15. The fourth-order valence-electron chi connectivity index (χ4n) is 2.80. The Balaban J connectivity index is 1.36. The molecule has 4 rings (SSSR count). The van der Waals surface area contributed by atoms with Gasteiger partial charge in [-0.2, -0.15) is 4.98 Å². The summed E-state index contributed by atoms with van der Waals surface area (Å²) >= 11 is 1.49. The van der Waals surface area contributed by atoms with Crippen LogP contribution in [0.25, 0.3) is 10.7 Å². The van der Waals surface area contributed by atoms with Gasteiger partial charge in [-0.15, -0.1) is 11.3 Å². The SMILES string of the molecule is O=C(CCc1nc(-c2cccs2)no1)OCc1cc([N+](=O)[O-])cc2c1OCOC2. The Labute approximate surface area is 168 Å². The summed E-state index contributed by atoms with van der Waals surface area (Å²) in [5.41, 5.74) is 0.850. The quantitative estimate of drug-likeness (QED) is 0.323. The summed E-state index contributed by atoms with van der Waals surface area (Å²) in [6.07, 6.45) is 0.266. The number of thiophene rings is 1. The zero-order chi connectivity index (χ0) is 20.2. The lowest BCUT2D eigenvalue weighted by molar-refractivity contribution is -0.385. The molecule has 0 saturated heterocycles. The van der Waals surface area contributed by atoms with Crippen molar-refractivity contribution in [2.75, 3.05) is 6.79 Å². The predicted octanol–water partition coefficient (Wildman–Crippen LogP) is 3.25. The van der Waals surface area contributed by atoms with E-state index in [4.69, 9.17) is 18.7 Å². The van der Waals surface area contributed by atoms with Crippen LogP contribution in [-0.2, 0) is 33.9 Å². The van der Waals surface area contributed by atoms with Crippen LogP contribution in [0.1, 0.15) is 23.4 Å². The smallest absolute Gasteiger partial charge is 0.306 e. The number of non-ortho nitro benzene ring substituents is 1. The van der Waals surface area contributed by atoms with E-state index in [9.17, 15) is 14.9 Å². The van der Waals surface area contributed by atoms with Crippen LogP contribution in [0.5, 0.6) is 5.75 Å². The summed E-state index contributed by atoms with van der Waals surface area (Å²) in [5.74, 6) is 0.768. The average molecular weight is 417 g/mol. The Kier molecular flexibility index (Phi) is 5.49. The summed E-state index contributed by atoms with van der Waals surface area (Å²) in [6.45, 7) is 0.0876. The molecule has 2 aromatic heterocycles. The lowest BCUT2D eigenvalue weighted by Gasteiger charge is -2.20. The number of aryl methyl sites for hydroxylation is 1. The standard InChI is InChI=1S/C18H15N3O7S/c22-16(4-3-15-19-18(20-28-15)14-2-1-5-29-14)26-9-12-7-13(21(23)24)6-11-8-25-10-27-17(11)12/h1-2,5-7H,3-4,8-10H2. The molecule has 0 saturated carbocycles. The Hall–Kier alpha value is -3.31. The van der Waals surface area contributed by atoms with Crippen molar-refractivity contribution >= 4 is 23.0 Å². The van der Waals surface area contributed by atoms with Crippen LogP contribution >= 0.6 is 11.3 Å². The molecule has 29 heavy (non-hydrogen) atoms. The van der Waals surface area contributed by atoms with Crippen LogP contribution in [0.3, 0.4) is 0 Å². The number of fused-ring (bicyclic) bond motifs is 1. The van der Waals surface area contributed by atoms with Gasteiger partial charge >= 0.3 is 5.97 Å². The maximum absolute atomic E-state index is 12.1. The van der Waals surface area contributed by atoms with Crippen molar-refractivity contribution in [1.29, 1.82) is 0 Å². The molecule has 1 aliphatic rings. The average Bonchev–Trinajstić information content (AvgIpc) is 3.41. The van der Waals surface area contributed by atoms with Crippen molar-refractivity contribution in [3.63, 3.8) is 0 Å². The fraction of sp³-hybridized carbons (Fsp3) is 0.278. The molecule has 0 unspecified atom stereocenters. The van der Waals surface area contributed by atoms with Gasteiger partial charge in [0.05, 0.1) is 22.8 Å². The van der Waals surface area contributed by atoms with Gasteiger partial charge < -0.3 is 18.7 Å². The number of nitro groups is 1. The largest absolute Gasteiger partial charge is 0.467 e. The second-order valence-corrected chi connectivity index (χ2v) is 7.06. The van der Waals surface area contributed by atoms with Gasteiger partial charge in [0, 0.05) is 29.7 Å². The first-order valence-corrected chi connectivity index (χ1v) is 9.51. The molecule has 0 aliphatic carbocycles. The molecule has 0 amide bonds. The molecule has 1 aliphatic heterocycles.